The molecule has 7 heteroatoms. The number of likely N-dealkylation sites (tertiary alicyclic amines) is 1. The second-order valence-corrected chi connectivity index (χ2v) is 7.02. The topological polar surface area (TPSA) is 81.3 Å². The number of aromatic nitrogens is 2. The SMILES string of the molecule is C=CC(=O)N1CC(N(c2cc(-c3cc(NC)ccn3)c[nH]c2=O)C2CC2)C1. The number of carbonyl (C=O) groups is 1. The molecule has 140 valence electrons. The lowest BCUT2D eigenvalue weighted by Gasteiger charge is -2.46. The van der Waals surface area contributed by atoms with Crippen LogP contribution < -0.4 is 15.8 Å². The van der Waals surface area contributed by atoms with E-state index in [-0.39, 0.29) is 17.5 Å². The molecule has 7 nitrogen and oxygen atoms in total. The molecule has 0 radical (unpaired) electrons. The molecular formula is C20H23N5O2. The van der Waals surface area contributed by atoms with Crippen molar-refractivity contribution in [3.63, 3.8) is 0 Å². The largest absolute Gasteiger partial charge is 0.388 e. The number of anilines is 2. The van der Waals surface area contributed by atoms with Crippen molar-refractivity contribution < 1.29 is 4.79 Å². The highest BCUT2D eigenvalue weighted by atomic mass is 16.2. The molecule has 1 saturated carbocycles. The highest BCUT2D eigenvalue weighted by Gasteiger charge is 2.42. The third kappa shape index (κ3) is 3.32. The van der Waals surface area contributed by atoms with Gasteiger partial charge >= 0.3 is 0 Å². The van der Waals surface area contributed by atoms with Gasteiger partial charge in [0.05, 0.1) is 11.7 Å². The zero-order valence-electron chi connectivity index (χ0n) is 15.3. The van der Waals surface area contributed by atoms with E-state index < -0.39 is 0 Å². The summed E-state index contributed by atoms with van der Waals surface area (Å²) in [5, 5.41) is 3.10. The number of nitrogens with one attached hydrogen (secondary N) is 2. The summed E-state index contributed by atoms with van der Waals surface area (Å²) in [5.41, 5.74) is 3.17. The Morgan fingerprint density at radius 3 is 2.81 bits per heavy atom. The number of pyridine rings is 2. The van der Waals surface area contributed by atoms with Gasteiger partial charge in [-0.25, -0.2) is 0 Å². The molecule has 1 saturated heterocycles. The second kappa shape index (κ2) is 6.90. The molecule has 0 aromatic carbocycles. The third-order valence-electron chi connectivity index (χ3n) is 5.19. The van der Waals surface area contributed by atoms with Crippen LogP contribution in [0.3, 0.4) is 0 Å². The van der Waals surface area contributed by atoms with Crippen molar-refractivity contribution in [2.24, 2.45) is 0 Å². The number of rotatable bonds is 6. The molecule has 4 rings (SSSR count). The lowest BCUT2D eigenvalue weighted by molar-refractivity contribution is -0.130. The predicted octanol–water partition coefficient (Wildman–Crippen LogP) is 1.84. The Bertz CT molecular complexity index is 928. The number of nitrogens with zero attached hydrogens (tertiary/aromatic N) is 3. The average molecular weight is 365 g/mol. The smallest absolute Gasteiger partial charge is 0.271 e. The van der Waals surface area contributed by atoms with Gasteiger partial charge in [-0.3, -0.25) is 14.6 Å². The van der Waals surface area contributed by atoms with Crippen LogP contribution in [0.25, 0.3) is 11.3 Å². The van der Waals surface area contributed by atoms with Crippen LogP contribution in [0, 0.1) is 0 Å². The molecule has 0 atom stereocenters. The summed E-state index contributed by atoms with van der Waals surface area (Å²) in [5.74, 6) is -0.0577. The Labute approximate surface area is 157 Å². The van der Waals surface area contributed by atoms with Gasteiger partial charge in [-0.1, -0.05) is 6.58 Å². The Balaban J connectivity index is 1.64. The Morgan fingerprint density at radius 1 is 1.37 bits per heavy atom. The van der Waals surface area contributed by atoms with Gasteiger partial charge in [0.25, 0.3) is 5.56 Å². The monoisotopic (exact) mass is 365 g/mol. The lowest BCUT2D eigenvalue weighted by atomic mass is 10.0. The number of aromatic amines is 1. The summed E-state index contributed by atoms with van der Waals surface area (Å²) >= 11 is 0. The summed E-state index contributed by atoms with van der Waals surface area (Å²) < 4.78 is 0. The second-order valence-electron chi connectivity index (χ2n) is 7.02. The van der Waals surface area contributed by atoms with Crippen molar-refractivity contribution in [1.82, 2.24) is 14.9 Å². The fraction of sp³-hybridized carbons (Fsp3) is 0.350. The maximum Gasteiger partial charge on any atom is 0.271 e. The van der Waals surface area contributed by atoms with Crippen molar-refractivity contribution in [2.45, 2.75) is 24.9 Å². The summed E-state index contributed by atoms with van der Waals surface area (Å²) in [6.45, 7) is 4.79. The van der Waals surface area contributed by atoms with Gasteiger partial charge in [0.15, 0.2) is 0 Å². The van der Waals surface area contributed by atoms with Crippen molar-refractivity contribution in [3.8, 4) is 11.3 Å². The molecule has 3 heterocycles. The lowest BCUT2D eigenvalue weighted by Crippen LogP contribution is -2.62. The zero-order chi connectivity index (χ0) is 19.0. The van der Waals surface area contributed by atoms with E-state index in [1.807, 2.05) is 25.2 Å². The highest BCUT2D eigenvalue weighted by Crippen LogP contribution is 2.35. The quantitative estimate of drug-likeness (QED) is 0.764. The first-order valence-electron chi connectivity index (χ1n) is 9.17. The molecule has 1 aliphatic heterocycles. The first-order valence-corrected chi connectivity index (χ1v) is 9.17. The molecule has 2 fully saturated rings. The molecule has 2 aromatic rings. The van der Waals surface area contributed by atoms with Gasteiger partial charge in [-0.05, 0) is 37.1 Å². The van der Waals surface area contributed by atoms with E-state index in [2.05, 4.69) is 26.8 Å². The molecule has 2 N–H and O–H groups in total. The summed E-state index contributed by atoms with van der Waals surface area (Å²) in [4.78, 5) is 35.6. The van der Waals surface area contributed by atoms with E-state index in [9.17, 15) is 9.59 Å². The van der Waals surface area contributed by atoms with E-state index in [1.54, 1.807) is 17.3 Å². The summed E-state index contributed by atoms with van der Waals surface area (Å²) in [7, 11) is 1.86. The minimum absolute atomic E-state index is 0.0577. The Kier molecular flexibility index (Phi) is 4.43. The number of hydrogen-bond donors (Lipinski definition) is 2. The van der Waals surface area contributed by atoms with Crippen LogP contribution in [0.4, 0.5) is 11.4 Å². The first-order chi connectivity index (χ1) is 13.1. The fourth-order valence-electron chi connectivity index (χ4n) is 3.54. The van der Waals surface area contributed by atoms with Crippen LogP contribution in [0.5, 0.6) is 0 Å². The normalized spacial score (nSPS) is 16.6. The van der Waals surface area contributed by atoms with E-state index in [4.69, 9.17) is 0 Å². The molecule has 0 bridgehead atoms. The fourth-order valence-corrected chi connectivity index (χ4v) is 3.54. The van der Waals surface area contributed by atoms with Crippen molar-refractivity contribution in [2.75, 3.05) is 30.4 Å². The van der Waals surface area contributed by atoms with Crippen LogP contribution in [0.1, 0.15) is 12.8 Å². The number of amides is 1. The first kappa shape index (κ1) is 17.3. The standard InChI is InChI=1S/C20H23N5O2/c1-3-19(26)24-11-16(12-24)25(15-4-5-15)18-8-13(10-23-20(18)27)17-9-14(21-2)6-7-22-17/h3,6-10,15-16H,1,4-5,11-12H2,2H3,(H,21,22)(H,23,27). The van der Waals surface area contributed by atoms with Crippen LogP contribution >= 0.6 is 0 Å². The molecule has 2 aliphatic rings. The van der Waals surface area contributed by atoms with Crippen LogP contribution in [0.15, 0.2) is 48.0 Å². The molecule has 1 aliphatic carbocycles. The predicted molar refractivity (Wildman–Crippen MR) is 106 cm³/mol. The maximum absolute atomic E-state index is 12.6. The number of hydrogen-bond acceptors (Lipinski definition) is 5. The van der Waals surface area contributed by atoms with Gasteiger partial charge < -0.3 is 20.1 Å². The van der Waals surface area contributed by atoms with E-state index in [1.165, 1.54) is 6.08 Å². The van der Waals surface area contributed by atoms with Crippen molar-refractivity contribution in [1.29, 1.82) is 0 Å². The summed E-state index contributed by atoms with van der Waals surface area (Å²) in [6, 6.07) is 6.29. The van der Waals surface area contributed by atoms with E-state index in [0.29, 0.717) is 24.8 Å². The molecule has 27 heavy (non-hydrogen) atoms. The van der Waals surface area contributed by atoms with Crippen LogP contribution in [0.2, 0.25) is 0 Å². The third-order valence-corrected chi connectivity index (χ3v) is 5.19. The minimum Gasteiger partial charge on any atom is -0.388 e. The zero-order valence-corrected chi connectivity index (χ0v) is 15.3. The van der Waals surface area contributed by atoms with Gasteiger partial charge in [-0.15, -0.1) is 0 Å². The van der Waals surface area contributed by atoms with Crippen molar-refractivity contribution >= 4 is 17.3 Å². The Hall–Kier alpha value is -3.09. The van der Waals surface area contributed by atoms with E-state index in [0.717, 1.165) is 29.8 Å². The van der Waals surface area contributed by atoms with Gasteiger partial charge in [-0.2, -0.15) is 0 Å². The molecule has 0 spiro atoms. The van der Waals surface area contributed by atoms with E-state index >= 15 is 0 Å². The molecule has 0 unspecified atom stereocenters. The van der Waals surface area contributed by atoms with Gasteiger partial charge in [0, 0.05) is 49.8 Å². The van der Waals surface area contributed by atoms with Crippen LogP contribution in [-0.2, 0) is 4.79 Å². The minimum atomic E-state index is -0.107. The summed E-state index contributed by atoms with van der Waals surface area (Å²) in [6.07, 6.45) is 6.93. The van der Waals surface area contributed by atoms with Crippen LogP contribution in [-0.4, -0.2) is 53.0 Å². The maximum atomic E-state index is 12.6. The molecule has 2 aromatic heterocycles. The Morgan fingerprint density at radius 2 is 2.15 bits per heavy atom. The molecular weight excluding hydrogens is 342 g/mol. The average Bonchev–Trinajstić information content (AvgIpc) is 3.49. The van der Waals surface area contributed by atoms with Crippen molar-refractivity contribution in [3.05, 3.63) is 53.6 Å². The highest BCUT2D eigenvalue weighted by molar-refractivity contribution is 5.88. The number of H-pyrrole nitrogens is 1. The van der Waals surface area contributed by atoms with Gasteiger partial charge in [0.2, 0.25) is 5.91 Å². The van der Waals surface area contributed by atoms with Gasteiger partial charge in [0.1, 0.15) is 5.69 Å². The molecule has 1 amide bonds. The number of carbonyl (C=O) groups excluding carboxylic acids is 1.